The lowest BCUT2D eigenvalue weighted by Gasteiger charge is -2.18. The summed E-state index contributed by atoms with van der Waals surface area (Å²) in [6, 6.07) is 1.30. The molecule has 0 aromatic carbocycles. The Morgan fingerprint density at radius 2 is 2.26 bits per heavy atom. The molecule has 0 aliphatic rings. The molecule has 0 saturated heterocycles. The smallest absolute Gasteiger partial charge is 0.287 e. The topological polar surface area (TPSA) is 68.4 Å². The van der Waals surface area contributed by atoms with Crippen LogP contribution in [0.3, 0.4) is 0 Å². The van der Waals surface area contributed by atoms with Gasteiger partial charge in [0.2, 0.25) is 0 Å². The molecule has 1 aromatic heterocycles. The number of aryl methyl sites for hydroxylation is 1. The number of terminal acetylenes is 1. The van der Waals surface area contributed by atoms with E-state index in [9.17, 15) is 14.9 Å². The molecular weight excluding hydrogens is 246 g/mol. The molecule has 0 radical (unpaired) electrons. The Labute approximate surface area is 112 Å². The number of rotatable bonds is 6. The van der Waals surface area contributed by atoms with Gasteiger partial charge in [-0.3, -0.25) is 14.9 Å². The van der Waals surface area contributed by atoms with Gasteiger partial charge in [0.1, 0.15) is 5.69 Å². The van der Waals surface area contributed by atoms with Crippen molar-refractivity contribution >= 4 is 11.6 Å². The third-order valence-corrected chi connectivity index (χ3v) is 2.73. The van der Waals surface area contributed by atoms with Crippen LogP contribution < -0.4 is 0 Å². The Kier molecular flexibility index (Phi) is 5.12. The molecular formula is C13H17N3O3. The van der Waals surface area contributed by atoms with Gasteiger partial charge in [-0.1, -0.05) is 12.8 Å². The van der Waals surface area contributed by atoms with Gasteiger partial charge in [-0.2, -0.15) is 0 Å². The van der Waals surface area contributed by atoms with E-state index in [4.69, 9.17) is 6.42 Å². The predicted octanol–water partition coefficient (Wildman–Crippen LogP) is 1.90. The van der Waals surface area contributed by atoms with Gasteiger partial charge in [0.05, 0.1) is 17.7 Å². The molecule has 19 heavy (non-hydrogen) atoms. The molecule has 6 heteroatoms. The fourth-order valence-electron chi connectivity index (χ4n) is 1.80. The number of carbonyl (C=O) groups is 1. The Balaban J connectivity index is 3.13. The van der Waals surface area contributed by atoms with Crippen LogP contribution >= 0.6 is 0 Å². The van der Waals surface area contributed by atoms with Crippen LogP contribution in [0.25, 0.3) is 0 Å². The largest absolute Gasteiger partial charge is 0.337 e. The lowest BCUT2D eigenvalue weighted by Crippen LogP contribution is -2.32. The van der Waals surface area contributed by atoms with Gasteiger partial charge in [0.15, 0.2) is 0 Å². The van der Waals surface area contributed by atoms with Gasteiger partial charge in [0.25, 0.3) is 11.6 Å². The maximum absolute atomic E-state index is 12.3. The van der Waals surface area contributed by atoms with Crippen LogP contribution in [0.2, 0.25) is 0 Å². The Hall–Kier alpha value is -2.29. The second kappa shape index (κ2) is 6.59. The molecule has 0 aliphatic carbocycles. The van der Waals surface area contributed by atoms with Gasteiger partial charge >= 0.3 is 0 Å². The molecule has 0 bridgehead atoms. The molecule has 102 valence electrons. The molecule has 0 atom stereocenters. The summed E-state index contributed by atoms with van der Waals surface area (Å²) in [7, 11) is 0. The summed E-state index contributed by atoms with van der Waals surface area (Å²) in [6.45, 7) is 4.98. The van der Waals surface area contributed by atoms with Crippen LogP contribution in [-0.4, -0.2) is 33.4 Å². The van der Waals surface area contributed by atoms with E-state index < -0.39 is 4.92 Å². The number of nitro groups is 1. The summed E-state index contributed by atoms with van der Waals surface area (Å²) in [5, 5.41) is 10.8. The van der Waals surface area contributed by atoms with E-state index in [0.717, 1.165) is 6.42 Å². The van der Waals surface area contributed by atoms with E-state index in [0.29, 0.717) is 18.8 Å². The van der Waals surface area contributed by atoms with Gasteiger partial charge < -0.3 is 9.47 Å². The van der Waals surface area contributed by atoms with Crippen molar-refractivity contribution in [1.29, 1.82) is 0 Å². The monoisotopic (exact) mass is 263 g/mol. The summed E-state index contributed by atoms with van der Waals surface area (Å²) in [5.41, 5.74) is 0.235. The Morgan fingerprint density at radius 1 is 1.58 bits per heavy atom. The zero-order valence-electron chi connectivity index (χ0n) is 11.1. The van der Waals surface area contributed by atoms with Crippen molar-refractivity contribution in [1.82, 2.24) is 9.47 Å². The molecule has 0 N–H and O–H groups in total. The summed E-state index contributed by atoms with van der Waals surface area (Å²) in [6.07, 6.45) is 7.39. The lowest BCUT2D eigenvalue weighted by atomic mass is 10.3. The van der Waals surface area contributed by atoms with Crippen LogP contribution in [-0.2, 0) is 6.54 Å². The molecule has 1 rings (SSSR count). The van der Waals surface area contributed by atoms with Gasteiger partial charge in [0, 0.05) is 19.2 Å². The van der Waals surface area contributed by atoms with Crippen LogP contribution in [0.15, 0.2) is 12.3 Å². The van der Waals surface area contributed by atoms with Crippen LogP contribution in [0.5, 0.6) is 0 Å². The van der Waals surface area contributed by atoms with Crippen LogP contribution in [0.4, 0.5) is 5.69 Å². The summed E-state index contributed by atoms with van der Waals surface area (Å²) in [4.78, 5) is 24.1. The summed E-state index contributed by atoms with van der Waals surface area (Å²) >= 11 is 0. The van der Waals surface area contributed by atoms with Gasteiger partial charge in [-0.15, -0.1) is 6.42 Å². The zero-order chi connectivity index (χ0) is 14.4. The van der Waals surface area contributed by atoms with E-state index >= 15 is 0 Å². The van der Waals surface area contributed by atoms with E-state index in [2.05, 4.69) is 5.92 Å². The van der Waals surface area contributed by atoms with Crippen molar-refractivity contribution in [3.8, 4) is 12.3 Å². The lowest BCUT2D eigenvalue weighted by molar-refractivity contribution is -0.384. The minimum atomic E-state index is -0.500. The fraction of sp³-hybridized carbons (Fsp3) is 0.462. The minimum absolute atomic E-state index is 0.0754. The van der Waals surface area contributed by atoms with Gasteiger partial charge in [-0.25, -0.2) is 0 Å². The third-order valence-electron chi connectivity index (χ3n) is 2.73. The number of aromatic nitrogens is 1. The Bertz CT molecular complexity index is 514. The molecule has 1 aromatic rings. The first-order valence-corrected chi connectivity index (χ1v) is 6.12. The van der Waals surface area contributed by atoms with E-state index in [1.807, 2.05) is 13.8 Å². The number of carbonyl (C=O) groups excluding carboxylic acids is 1. The first kappa shape index (κ1) is 14.8. The minimum Gasteiger partial charge on any atom is -0.337 e. The maximum Gasteiger partial charge on any atom is 0.287 e. The number of amides is 1. The van der Waals surface area contributed by atoms with Gasteiger partial charge in [-0.05, 0) is 13.3 Å². The number of hydrogen-bond acceptors (Lipinski definition) is 3. The van der Waals surface area contributed by atoms with Crippen LogP contribution in [0, 0.1) is 22.5 Å². The summed E-state index contributed by atoms with van der Waals surface area (Å²) < 4.78 is 1.61. The second-order valence-electron chi connectivity index (χ2n) is 4.06. The third kappa shape index (κ3) is 3.35. The Morgan fingerprint density at radius 3 is 2.74 bits per heavy atom. The molecule has 0 aliphatic heterocycles. The first-order chi connectivity index (χ1) is 9.04. The molecule has 1 amide bonds. The van der Waals surface area contributed by atoms with Crippen LogP contribution in [0.1, 0.15) is 30.8 Å². The molecule has 0 fully saturated rings. The highest BCUT2D eigenvalue weighted by molar-refractivity contribution is 5.93. The number of hydrogen-bond donors (Lipinski definition) is 0. The van der Waals surface area contributed by atoms with E-state index in [1.165, 1.54) is 17.2 Å². The fourth-order valence-corrected chi connectivity index (χ4v) is 1.80. The average Bonchev–Trinajstić information content (AvgIpc) is 2.80. The molecule has 1 heterocycles. The highest BCUT2D eigenvalue weighted by Crippen LogP contribution is 2.18. The van der Waals surface area contributed by atoms with Crippen molar-refractivity contribution in [3.05, 3.63) is 28.1 Å². The normalized spacial score (nSPS) is 9.95. The summed E-state index contributed by atoms with van der Waals surface area (Å²) in [5.74, 6) is 2.14. The van der Waals surface area contributed by atoms with E-state index in [1.54, 1.807) is 4.57 Å². The standard InChI is InChI=1S/C13H17N3O3/c1-4-7-14(6-3)13(17)12-9-11(16(18)19)10-15(12)8-5-2/h1,9-10H,5-8H2,2-3H3. The van der Waals surface area contributed by atoms with Crippen molar-refractivity contribution in [2.24, 2.45) is 0 Å². The number of nitrogens with zero attached hydrogens (tertiary/aromatic N) is 3. The van der Waals surface area contributed by atoms with Crippen molar-refractivity contribution in [2.45, 2.75) is 26.8 Å². The zero-order valence-corrected chi connectivity index (χ0v) is 11.1. The predicted molar refractivity (Wildman–Crippen MR) is 71.8 cm³/mol. The average molecular weight is 263 g/mol. The molecule has 0 unspecified atom stereocenters. The van der Waals surface area contributed by atoms with Crippen molar-refractivity contribution < 1.29 is 9.72 Å². The molecule has 6 nitrogen and oxygen atoms in total. The molecule has 0 spiro atoms. The van der Waals surface area contributed by atoms with Crippen molar-refractivity contribution in [2.75, 3.05) is 13.1 Å². The van der Waals surface area contributed by atoms with Crippen molar-refractivity contribution in [3.63, 3.8) is 0 Å². The second-order valence-corrected chi connectivity index (χ2v) is 4.06. The highest BCUT2D eigenvalue weighted by Gasteiger charge is 2.22. The maximum atomic E-state index is 12.3. The quantitative estimate of drug-likeness (QED) is 0.447. The highest BCUT2D eigenvalue weighted by atomic mass is 16.6. The molecule has 0 saturated carbocycles. The van der Waals surface area contributed by atoms with E-state index in [-0.39, 0.29) is 18.1 Å². The SMILES string of the molecule is C#CCN(CC)C(=O)c1cc([N+](=O)[O-])cn1CCC. The first-order valence-electron chi connectivity index (χ1n) is 6.12.